The van der Waals surface area contributed by atoms with Gasteiger partial charge >= 0.3 is 0 Å². The summed E-state index contributed by atoms with van der Waals surface area (Å²) in [7, 11) is 0. The van der Waals surface area contributed by atoms with Gasteiger partial charge in [0.1, 0.15) is 6.61 Å². The van der Waals surface area contributed by atoms with Crippen molar-refractivity contribution in [2.45, 2.75) is 40.7 Å². The van der Waals surface area contributed by atoms with E-state index >= 15 is 0 Å². The van der Waals surface area contributed by atoms with Crippen LogP contribution in [0.5, 0.6) is 0 Å². The first-order valence-electron chi connectivity index (χ1n) is 4.43. The highest BCUT2D eigenvalue weighted by Gasteiger charge is 1.93. The van der Waals surface area contributed by atoms with Gasteiger partial charge in [-0.3, -0.25) is 10.1 Å². The predicted octanol–water partition coefficient (Wildman–Crippen LogP) is 1.57. The molecule has 0 unspecified atom stereocenters. The summed E-state index contributed by atoms with van der Waals surface area (Å²) in [6.07, 6.45) is 0. The monoisotopic (exact) mass is 175 g/mol. The highest BCUT2D eigenvalue weighted by atomic mass is 16.5. The van der Waals surface area contributed by atoms with E-state index in [-0.39, 0.29) is 12.4 Å². The molecule has 0 bridgehead atoms. The van der Waals surface area contributed by atoms with Crippen molar-refractivity contribution >= 4 is 5.78 Å². The minimum absolute atomic E-state index is 0.0607. The zero-order valence-corrected chi connectivity index (χ0v) is 8.81. The van der Waals surface area contributed by atoms with Crippen molar-refractivity contribution in [2.75, 3.05) is 13.3 Å². The number of carbonyl (C=O) groups is 1. The van der Waals surface area contributed by atoms with Crippen LogP contribution in [0.3, 0.4) is 0 Å². The molecule has 0 atom stereocenters. The molecule has 3 heteroatoms. The van der Waals surface area contributed by atoms with E-state index in [1.165, 1.54) is 6.92 Å². The normalized spacial score (nSPS) is 9.17. The maximum absolute atomic E-state index is 10.3. The van der Waals surface area contributed by atoms with Crippen LogP contribution in [-0.4, -0.2) is 25.2 Å². The van der Waals surface area contributed by atoms with Crippen LogP contribution in [0.25, 0.3) is 0 Å². The molecule has 0 aliphatic carbocycles. The Hall–Kier alpha value is -0.410. The van der Waals surface area contributed by atoms with Crippen LogP contribution in [0.2, 0.25) is 0 Å². The largest absolute Gasteiger partial charge is 0.359 e. The van der Waals surface area contributed by atoms with Crippen molar-refractivity contribution in [3.05, 3.63) is 0 Å². The van der Waals surface area contributed by atoms with Crippen molar-refractivity contribution < 1.29 is 9.53 Å². The van der Waals surface area contributed by atoms with Crippen LogP contribution < -0.4 is 5.32 Å². The molecular formula is C9H21NO2. The standard InChI is InChI=1S/C7H15NO2.C2H6/c1-6(2)8-5-10-4-7(3)9;1-2/h6,8H,4-5H2,1-3H3;1-2H3. The van der Waals surface area contributed by atoms with Crippen molar-refractivity contribution in [1.82, 2.24) is 5.32 Å². The third kappa shape index (κ3) is 16.3. The summed E-state index contributed by atoms with van der Waals surface area (Å²) in [4.78, 5) is 10.3. The maximum atomic E-state index is 10.3. The summed E-state index contributed by atoms with van der Waals surface area (Å²) >= 11 is 0. The Balaban J connectivity index is 0. The van der Waals surface area contributed by atoms with E-state index in [0.29, 0.717) is 12.8 Å². The number of hydrogen-bond acceptors (Lipinski definition) is 3. The van der Waals surface area contributed by atoms with Gasteiger partial charge in [-0.05, 0) is 20.8 Å². The van der Waals surface area contributed by atoms with E-state index in [1.807, 2.05) is 27.7 Å². The molecular weight excluding hydrogens is 154 g/mol. The Kier molecular flexibility index (Phi) is 12.5. The molecule has 0 spiro atoms. The smallest absolute Gasteiger partial charge is 0.155 e. The number of ketones is 1. The van der Waals surface area contributed by atoms with E-state index < -0.39 is 0 Å². The number of Topliss-reactive ketones (excluding diaryl/α,β-unsaturated/α-hetero) is 1. The molecule has 1 N–H and O–H groups in total. The minimum atomic E-state index is 0.0607. The molecule has 0 saturated carbocycles. The lowest BCUT2D eigenvalue weighted by Crippen LogP contribution is -2.26. The lowest BCUT2D eigenvalue weighted by molar-refractivity contribution is -0.121. The number of hydrogen-bond donors (Lipinski definition) is 1. The van der Waals surface area contributed by atoms with Crippen molar-refractivity contribution in [2.24, 2.45) is 0 Å². The van der Waals surface area contributed by atoms with Crippen molar-refractivity contribution in [3.8, 4) is 0 Å². The van der Waals surface area contributed by atoms with Crippen LogP contribution >= 0.6 is 0 Å². The SMILES string of the molecule is CC.CC(=O)COCNC(C)C. The van der Waals surface area contributed by atoms with Crippen LogP contribution in [-0.2, 0) is 9.53 Å². The van der Waals surface area contributed by atoms with Gasteiger partial charge in [0.25, 0.3) is 0 Å². The van der Waals surface area contributed by atoms with Gasteiger partial charge in [0, 0.05) is 6.04 Å². The summed E-state index contributed by atoms with van der Waals surface area (Å²) in [6.45, 7) is 10.2. The lowest BCUT2D eigenvalue weighted by atomic mass is 10.4. The minimum Gasteiger partial charge on any atom is -0.359 e. The van der Waals surface area contributed by atoms with Gasteiger partial charge in [-0.25, -0.2) is 0 Å². The average molecular weight is 175 g/mol. The molecule has 0 aromatic carbocycles. The zero-order valence-electron chi connectivity index (χ0n) is 8.81. The van der Waals surface area contributed by atoms with Gasteiger partial charge in [-0.1, -0.05) is 13.8 Å². The molecule has 12 heavy (non-hydrogen) atoms. The molecule has 0 aliphatic heterocycles. The fourth-order valence-electron chi connectivity index (χ4n) is 0.420. The van der Waals surface area contributed by atoms with Gasteiger partial charge in [-0.2, -0.15) is 0 Å². The van der Waals surface area contributed by atoms with Crippen LogP contribution in [0.4, 0.5) is 0 Å². The second kappa shape index (κ2) is 10.6. The summed E-state index contributed by atoms with van der Waals surface area (Å²) in [5, 5.41) is 3.03. The summed E-state index contributed by atoms with van der Waals surface area (Å²) in [6, 6.07) is 0.409. The number of nitrogens with one attached hydrogen (secondary N) is 1. The summed E-state index contributed by atoms with van der Waals surface area (Å²) < 4.78 is 4.95. The van der Waals surface area contributed by atoms with Gasteiger partial charge in [-0.15, -0.1) is 0 Å². The quantitative estimate of drug-likeness (QED) is 0.509. The Morgan fingerprint density at radius 1 is 1.42 bits per heavy atom. The Labute approximate surface area is 75.5 Å². The predicted molar refractivity (Wildman–Crippen MR) is 51.1 cm³/mol. The highest BCUT2D eigenvalue weighted by Crippen LogP contribution is 1.77. The summed E-state index contributed by atoms with van der Waals surface area (Å²) in [5.74, 6) is 0.0607. The van der Waals surface area contributed by atoms with Gasteiger partial charge in [0.2, 0.25) is 0 Å². The van der Waals surface area contributed by atoms with Crippen LogP contribution in [0, 0.1) is 0 Å². The second-order valence-electron chi connectivity index (χ2n) is 2.55. The van der Waals surface area contributed by atoms with E-state index in [4.69, 9.17) is 4.74 Å². The van der Waals surface area contributed by atoms with Gasteiger partial charge < -0.3 is 4.74 Å². The molecule has 0 radical (unpaired) electrons. The van der Waals surface area contributed by atoms with Crippen molar-refractivity contribution in [3.63, 3.8) is 0 Å². The highest BCUT2D eigenvalue weighted by molar-refractivity contribution is 5.76. The molecule has 3 nitrogen and oxygen atoms in total. The van der Waals surface area contributed by atoms with E-state index in [2.05, 4.69) is 5.32 Å². The zero-order chi connectivity index (χ0) is 9.98. The molecule has 0 aliphatic rings. The molecule has 0 heterocycles. The third-order valence-corrected chi connectivity index (χ3v) is 0.899. The Morgan fingerprint density at radius 2 is 1.92 bits per heavy atom. The molecule has 0 saturated heterocycles. The molecule has 0 fully saturated rings. The summed E-state index contributed by atoms with van der Waals surface area (Å²) in [5.41, 5.74) is 0. The van der Waals surface area contributed by atoms with Crippen LogP contribution in [0.15, 0.2) is 0 Å². The number of ether oxygens (including phenoxy) is 1. The first-order valence-corrected chi connectivity index (χ1v) is 4.43. The van der Waals surface area contributed by atoms with Gasteiger partial charge in [0.05, 0.1) is 6.73 Å². The van der Waals surface area contributed by atoms with Crippen LogP contribution in [0.1, 0.15) is 34.6 Å². The third-order valence-electron chi connectivity index (χ3n) is 0.899. The van der Waals surface area contributed by atoms with E-state index in [1.54, 1.807) is 0 Å². The topological polar surface area (TPSA) is 38.3 Å². The number of rotatable bonds is 5. The Bertz CT molecular complexity index is 103. The average Bonchev–Trinajstić information content (AvgIpc) is 2.02. The number of carbonyl (C=O) groups excluding carboxylic acids is 1. The fraction of sp³-hybridized carbons (Fsp3) is 0.889. The Morgan fingerprint density at radius 3 is 2.25 bits per heavy atom. The molecule has 0 aromatic heterocycles. The molecule has 0 amide bonds. The van der Waals surface area contributed by atoms with Gasteiger partial charge in [0.15, 0.2) is 5.78 Å². The molecule has 0 rings (SSSR count). The van der Waals surface area contributed by atoms with E-state index in [0.717, 1.165) is 0 Å². The van der Waals surface area contributed by atoms with Crippen molar-refractivity contribution in [1.29, 1.82) is 0 Å². The lowest BCUT2D eigenvalue weighted by Gasteiger charge is -2.06. The second-order valence-corrected chi connectivity index (χ2v) is 2.55. The first kappa shape index (κ1) is 14.1. The fourth-order valence-corrected chi connectivity index (χ4v) is 0.420. The maximum Gasteiger partial charge on any atom is 0.155 e. The first-order chi connectivity index (χ1) is 5.63. The van der Waals surface area contributed by atoms with E-state index in [9.17, 15) is 4.79 Å². The molecule has 74 valence electrons. The molecule has 0 aromatic rings.